The van der Waals surface area contributed by atoms with Gasteiger partial charge in [-0.25, -0.2) is 9.97 Å². The topological polar surface area (TPSA) is 91.8 Å². The van der Waals surface area contributed by atoms with Crippen molar-refractivity contribution in [2.24, 2.45) is 0 Å². The Hall–Kier alpha value is -2.62. The largest absolute Gasteiger partial charge is 0.379 e. The molecule has 0 spiro atoms. The molecule has 31 heavy (non-hydrogen) atoms. The highest BCUT2D eigenvalue weighted by atomic mass is 35.5. The van der Waals surface area contributed by atoms with Crippen molar-refractivity contribution in [1.82, 2.24) is 24.8 Å². The lowest BCUT2D eigenvalue weighted by Crippen LogP contribution is -2.43. The highest BCUT2D eigenvalue weighted by Gasteiger charge is 2.42. The van der Waals surface area contributed by atoms with Gasteiger partial charge in [0, 0.05) is 51.3 Å². The highest BCUT2D eigenvalue weighted by molar-refractivity contribution is 6.30. The number of likely N-dealkylation sites (N-methyl/N-ethyl adjacent to an activating group) is 1. The third-order valence-electron chi connectivity index (χ3n) is 5.63. The van der Waals surface area contributed by atoms with Gasteiger partial charge in [0.05, 0.1) is 36.4 Å². The molecule has 1 fully saturated rings. The first kappa shape index (κ1) is 21.6. The third-order valence-corrected chi connectivity index (χ3v) is 5.85. The minimum absolute atomic E-state index is 0.0361. The van der Waals surface area contributed by atoms with Crippen molar-refractivity contribution in [3.05, 3.63) is 47.1 Å². The molecule has 2 aromatic heterocycles. The van der Waals surface area contributed by atoms with Crippen LogP contribution in [0, 0.1) is 0 Å². The molecule has 0 radical (unpaired) electrons. The lowest BCUT2D eigenvalue weighted by molar-refractivity contribution is -0.131. The van der Waals surface area contributed by atoms with Crippen molar-refractivity contribution in [2.45, 2.75) is 19.4 Å². The number of pyridine rings is 1. The molecule has 0 saturated carbocycles. The zero-order valence-electron chi connectivity index (χ0n) is 17.4. The van der Waals surface area contributed by atoms with E-state index in [1.54, 1.807) is 18.3 Å². The third kappa shape index (κ3) is 4.68. The van der Waals surface area contributed by atoms with Crippen LogP contribution < -0.4 is 4.90 Å². The normalized spacial score (nSPS) is 18.8. The zero-order chi connectivity index (χ0) is 21.8. The van der Waals surface area contributed by atoms with E-state index in [0.29, 0.717) is 29.6 Å². The van der Waals surface area contributed by atoms with E-state index in [-0.39, 0.29) is 23.9 Å². The average molecular weight is 445 g/mol. The number of anilines is 1. The number of morpholine rings is 1. The number of halogens is 1. The second-order valence-electron chi connectivity index (χ2n) is 7.45. The molecule has 1 unspecified atom stereocenters. The van der Waals surface area contributed by atoms with Crippen LogP contribution in [-0.4, -0.2) is 82.5 Å². The van der Waals surface area contributed by atoms with E-state index in [4.69, 9.17) is 16.3 Å². The standard InChI is InChI=1S/C21H25ClN6O3/c1-2-27(8-7-26-9-11-31-12-10-26)18(29)13-16-19-20(24-6-5-23-19)21(30)28(16)17-4-3-15(22)14-25-17/h3-6,14,16H,2,7-13H2,1H3. The molecule has 0 aliphatic carbocycles. The van der Waals surface area contributed by atoms with E-state index in [1.807, 2.05) is 11.8 Å². The Morgan fingerprint density at radius 3 is 2.71 bits per heavy atom. The van der Waals surface area contributed by atoms with Crippen molar-refractivity contribution >= 4 is 29.2 Å². The molecule has 4 heterocycles. The maximum absolute atomic E-state index is 13.2. The Labute approximate surface area is 186 Å². The average Bonchev–Trinajstić information content (AvgIpc) is 3.07. The summed E-state index contributed by atoms with van der Waals surface area (Å²) < 4.78 is 5.39. The summed E-state index contributed by atoms with van der Waals surface area (Å²) in [5.41, 5.74) is 0.759. The van der Waals surface area contributed by atoms with E-state index in [9.17, 15) is 9.59 Å². The molecule has 0 aromatic carbocycles. The summed E-state index contributed by atoms with van der Waals surface area (Å²) in [6, 6.07) is 2.77. The molecular formula is C21H25ClN6O3. The van der Waals surface area contributed by atoms with Crippen LogP contribution >= 0.6 is 11.6 Å². The molecule has 164 valence electrons. The molecule has 1 saturated heterocycles. The van der Waals surface area contributed by atoms with Gasteiger partial charge in [0.2, 0.25) is 5.91 Å². The molecule has 2 aliphatic rings. The number of rotatable bonds is 7. The summed E-state index contributed by atoms with van der Waals surface area (Å²) in [5.74, 6) is 0.0708. The summed E-state index contributed by atoms with van der Waals surface area (Å²) in [6.45, 7) is 7.18. The van der Waals surface area contributed by atoms with Gasteiger partial charge >= 0.3 is 0 Å². The molecule has 9 nitrogen and oxygen atoms in total. The fourth-order valence-electron chi connectivity index (χ4n) is 3.94. The number of hydrogen-bond acceptors (Lipinski definition) is 7. The lowest BCUT2D eigenvalue weighted by atomic mass is 10.1. The first-order valence-electron chi connectivity index (χ1n) is 10.4. The van der Waals surface area contributed by atoms with Gasteiger partial charge in [0.1, 0.15) is 5.82 Å². The van der Waals surface area contributed by atoms with Crippen LogP contribution in [0.5, 0.6) is 0 Å². The van der Waals surface area contributed by atoms with Crippen molar-refractivity contribution in [1.29, 1.82) is 0 Å². The smallest absolute Gasteiger partial charge is 0.280 e. The lowest BCUT2D eigenvalue weighted by Gasteiger charge is -2.31. The zero-order valence-corrected chi connectivity index (χ0v) is 18.2. The fourth-order valence-corrected chi connectivity index (χ4v) is 4.05. The maximum Gasteiger partial charge on any atom is 0.280 e. The van der Waals surface area contributed by atoms with Crippen molar-refractivity contribution in [2.75, 3.05) is 50.8 Å². The molecular weight excluding hydrogens is 420 g/mol. The first-order valence-corrected chi connectivity index (χ1v) is 10.8. The van der Waals surface area contributed by atoms with Crippen molar-refractivity contribution < 1.29 is 14.3 Å². The number of hydrogen-bond donors (Lipinski definition) is 0. The Bertz CT molecular complexity index is 935. The Morgan fingerprint density at radius 1 is 1.23 bits per heavy atom. The highest BCUT2D eigenvalue weighted by Crippen LogP contribution is 2.37. The maximum atomic E-state index is 13.2. The minimum Gasteiger partial charge on any atom is -0.379 e. The summed E-state index contributed by atoms with van der Waals surface area (Å²) in [6.07, 6.45) is 4.61. The Kier molecular flexibility index (Phi) is 6.74. The van der Waals surface area contributed by atoms with Crippen LogP contribution in [-0.2, 0) is 9.53 Å². The molecule has 0 bridgehead atoms. The van der Waals surface area contributed by atoms with Gasteiger partial charge in [-0.2, -0.15) is 0 Å². The quantitative estimate of drug-likeness (QED) is 0.642. The van der Waals surface area contributed by atoms with E-state index in [1.165, 1.54) is 17.3 Å². The van der Waals surface area contributed by atoms with Gasteiger partial charge in [-0.1, -0.05) is 11.6 Å². The second kappa shape index (κ2) is 9.67. The van der Waals surface area contributed by atoms with Gasteiger partial charge in [-0.05, 0) is 19.1 Å². The van der Waals surface area contributed by atoms with Gasteiger partial charge in [-0.15, -0.1) is 0 Å². The summed E-state index contributed by atoms with van der Waals surface area (Å²) in [5, 5.41) is 0.469. The molecule has 0 N–H and O–H groups in total. The SMILES string of the molecule is CCN(CCN1CCOCC1)C(=O)CC1c2nccnc2C(=O)N1c1ccc(Cl)cn1. The van der Waals surface area contributed by atoms with Crippen LogP contribution in [0.2, 0.25) is 5.02 Å². The molecule has 2 aromatic rings. The van der Waals surface area contributed by atoms with Gasteiger partial charge in [0.25, 0.3) is 5.91 Å². The van der Waals surface area contributed by atoms with Gasteiger partial charge in [-0.3, -0.25) is 24.4 Å². The molecule has 10 heteroatoms. The van der Waals surface area contributed by atoms with Crippen LogP contribution in [0.15, 0.2) is 30.7 Å². The van der Waals surface area contributed by atoms with Gasteiger partial charge in [0.15, 0.2) is 5.69 Å². The predicted molar refractivity (Wildman–Crippen MR) is 115 cm³/mol. The van der Waals surface area contributed by atoms with Crippen LogP contribution in [0.3, 0.4) is 0 Å². The number of amides is 2. The molecule has 2 amide bonds. The Morgan fingerprint density at radius 2 is 2.00 bits per heavy atom. The molecule has 2 aliphatic heterocycles. The van der Waals surface area contributed by atoms with Crippen molar-refractivity contribution in [3.8, 4) is 0 Å². The van der Waals surface area contributed by atoms with Crippen LogP contribution in [0.4, 0.5) is 5.82 Å². The number of aromatic nitrogens is 3. The Balaban J connectivity index is 1.52. The van der Waals surface area contributed by atoms with Crippen LogP contribution in [0.1, 0.15) is 35.6 Å². The summed E-state index contributed by atoms with van der Waals surface area (Å²) >= 11 is 5.96. The van der Waals surface area contributed by atoms with Crippen LogP contribution in [0.25, 0.3) is 0 Å². The molecule has 1 atom stereocenters. The number of carbonyl (C=O) groups excluding carboxylic acids is 2. The second-order valence-corrected chi connectivity index (χ2v) is 7.88. The van der Waals surface area contributed by atoms with E-state index < -0.39 is 6.04 Å². The monoisotopic (exact) mass is 444 g/mol. The van der Waals surface area contributed by atoms with E-state index in [2.05, 4.69) is 19.9 Å². The van der Waals surface area contributed by atoms with E-state index >= 15 is 0 Å². The van der Waals surface area contributed by atoms with Crippen molar-refractivity contribution in [3.63, 3.8) is 0 Å². The van der Waals surface area contributed by atoms with Gasteiger partial charge < -0.3 is 9.64 Å². The minimum atomic E-state index is -0.560. The number of nitrogens with zero attached hydrogens (tertiary/aromatic N) is 6. The summed E-state index contributed by atoms with van der Waals surface area (Å²) in [7, 11) is 0. The number of ether oxygens (including phenoxy) is 1. The number of carbonyl (C=O) groups is 2. The number of fused-ring (bicyclic) bond motifs is 1. The summed E-state index contributed by atoms with van der Waals surface area (Å²) in [4.78, 5) is 44.7. The predicted octanol–water partition coefficient (Wildman–Crippen LogP) is 1.80. The fraction of sp³-hybridized carbons (Fsp3) is 0.476. The molecule has 4 rings (SSSR count). The van der Waals surface area contributed by atoms with E-state index in [0.717, 1.165) is 32.8 Å². The first-order chi connectivity index (χ1) is 15.1.